The Labute approximate surface area is 98.7 Å². The summed E-state index contributed by atoms with van der Waals surface area (Å²) in [6.07, 6.45) is 0. The van der Waals surface area contributed by atoms with Gasteiger partial charge >= 0.3 is 6.61 Å². The fourth-order valence-corrected chi connectivity index (χ4v) is 1.40. The Balaban J connectivity index is 3.28. The number of carbonyl (C=O) groups is 1. The molecule has 0 aliphatic heterocycles. The number of halogens is 5. The van der Waals surface area contributed by atoms with Gasteiger partial charge in [0.15, 0.2) is 5.75 Å². The molecule has 0 atom stereocenters. The third-order valence-electron chi connectivity index (χ3n) is 1.47. The van der Waals surface area contributed by atoms with E-state index in [1.165, 1.54) is 6.07 Å². The fourth-order valence-electron chi connectivity index (χ4n) is 0.891. The molecular weight excluding hydrogens is 272 g/mol. The Morgan fingerprint density at radius 2 is 1.93 bits per heavy atom. The van der Waals surface area contributed by atoms with Crippen molar-refractivity contribution in [3.05, 3.63) is 27.7 Å². The summed E-state index contributed by atoms with van der Waals surface area (Å²) in [6, 6.07) is 2.42. The fraction of sp³-hybridized carbons (Fsp3) is 0.125. The van der Waals surface area contributed by atoms with Crippen LogP contribution < -0.4 is 4.74 Å². The molecule has 0 N–H and O–H groups in total. The van der Waals surface area contributed by atoms with Crippen molar-refractivity contribution in [3.63, 3.8) is 0 Å². The highest BCUT2D eigenvalue weighted by atomic mass is 35.5. The molecule has 2 nitrogen and oxygen atoms in total. The van der Waals surface area contributed by atoms with Crippen LogP contribution in [0, 0.1) is 0 Å². The average Bonchev–Trinajstić information content (AvgIpc) is 2.12. The summed E-state index contributed by atoms with van der Waals surface area (Å²) in [5, 5.41) is -1.23. The van der Waals surface area contributed by atoms with E-state index >= 15 is 0 Å². The minimum atomic E-state index is -3.12. The number of hydrogen-bond donors (Lipinski definition) is 0. The second-order valence-corrected chi connectivity index (χ2v) is 3.52. The van der Waals surface area contributed by atoms with Gasteiger partial charge in [0.05, 0.1) is 10.6 Å². The first-order chi connectivity index (χ1) is 6.93. The Kier molecular flexibility index (Phi) is 4.13. The zero-order chi connectivity index (χ0) is 11.6. The van der Waals surface area contributed by atoms with E-state index in [-0.39, 0.29) is 15.6 Å². The van der Waals surface area contributed by atoms with Crippen molar-refractivity contribution in [1.82, 2.24) is 0 Å². The van der Waals surface area contributed by atoms with Gasteiger partial charge in [-0.1, -0.05) is 23.2 Å². The number of rotatable bonds is 3. The zero-order valence-electron chi connectivity index (χ0n) is 6.94. The lowest BCUT2D eigenvalue weighted by atomic mass is 10.2. The van der Waals surface area contributed by atoms with Gasteiger partial charge < -0.3 is 4.74 Å². The molecule has 0 spiro atoms. The van der Waals surface area contributed by atoms with Gasteiger partial charge in [0.1, 0.15) is 5.02 Å². The number of alkyl halides is 2. The van der Waals surface area contributed by atoms with Gasteiger partial charge in [-0.2, -0.15) is 8.78 Å². The molecule has 0 fully saturated rings. The van der Waals surface area contributed by atoms with E-state index in [0.717, 1.165) is 6.07 Å². The molecule has 0 amide bonds. The van der Waals surface area contributed by atoms with Crippen LogP contribution in [0.4, 0.5) is 8.78 Å². The molecule has 0 unspecified atom stereocenters. The minimum absolute atomic E-state index is 0.00557. The molecule has 0 aliphatic rings. The van der Waals surface area contributed by atoms with Crippen molar-refractivity contribution in [1.29, 1.82) is 0 Å². The third kappa shape index (κ3) is 2.93. The highest BCUT2D eigenvalue weighted by molar-refractivity contribution is 6.68. The lowest BCUT2D eigenvalue weighted by Gasteiger charge is -2.10. The molecule has 1 aromatic carbocycles. The molecule has 15 heavy (non-hydrogen) atoms. The molecule has 7 heteroatoms. The summed E-state index contributed by atoms with van der Waals surface area (Å²) in [4.78, 5) is 10.9. The average molecular weight is 275 g/mol. The van der Waals surface area contributed by atoms with Gasteiger partial charge in [0.25, 0.3) is 5.24 Å². The van der Waals surface area contributed by atoms with Crippen LogP contribution in [-0.2, 0) is 0 Å². The van der Waals surface area contributed by atoms with Crippen LogP contribution >= 0.6 is 34.8 Å². The Bertz CT molecular complexity index is 396. The monoisotopic (exact) mass is 274 g/mol. The normalized spacial score (nSPS) is 10.5. The summed E-state index contributed by atoms with van der Waals surface area (Å²) in [7, 11) is 0. The van der Waals surface area contributed by atoms with Gasteiger partial charge in [-0.25, -0.2) is 0 Å². The van der Waals surface area contributed by atoms with Gasteiger partial charge in [0.2, 0.25) is 0 Å². The number of ether oxygens (including phenoxy) is 1. The van der Waals surface area contributed by atoms with Crippen molar-refractivity contribution in [3.8, 4) is 5.75 Å². The second-order valence-electron chi connectivity index (χ2n) is 2.39. The van der Waals surface area contributed by atoms with Crippen molar-refractivity contribution in [2.24, 2.45) is 0 Å². The Morgan fingerprint density at radius 3 is 2.40 bits per heavy atom. The Hall–Kier alpha value is -0.580. The molecule has 1 rings (SSSR count). The molecule has 0 radical (unpaired) electrons. The van der Waals surface area contributed by atoms with Gasteiger partial charge in [-0.15, -0.1) is 0 Å². The van der Waals surface area contributed by atoms with Crippen LogP contribution in [0.2, 0.25) is 10.0 Å². The standard InChI is InChI=1S/C8H3Cl3F2O2/c9-4-2-1-3(7(11)14)6(5(4)10)15-8(12)13/h1-2,8H. The maximum Gasteiger partial charge on any atom is 0.387 e. The van der Waals surface area contributed by atoms with E-state index in [9.17, 15) is 13.6 Å². The molecule has 0 saturated carbocycles. The molecule has 0 aromatic heterocycles. The van der Waals surface area contributed by atoms with E-state index < -0.39 is 17.6 Å². The lowest BCUT2D eigenvalue weighted by Crippen LogP contribution is -2.06. The number of carbonyl (C=O) groups excluding carboxylic acids is 1. The van der Waals surface area contributed by atoms with Crippen LogP contribution in [0.1, 0.15) is 10.4 Å². The van der Waals surface area contributed by atoms with Crippen LogP contribution in [0.15, 0.2) is 12.1 Å². The first-order valence-electron chi connectivity index (χ1n) is 3.56. The van der Waals surface area contributed by atoms with E-state index in [2.05, 4.69) is 4.74 Å². The second kappa shape index (κ2) is 4.96. The van der Waals surface area contributed by atoms with E-state index in [4.69, 9.17) is 34.8 Å². The largest absolute Gasteiger partial charge is 0.432 e. The van der Waals surface area contributed by atoms with Crippen LogP contribution in [0.25, 0.3) is 0 Å². The summed E-state index contributed by atoms with van der Waals surface area (Å²) in [6.45, 7) is -3.12. The lowest BCUT2D eigenvalue weighted by molar-refractivity contribution is -0.0500. The van der Waals surface area contributed by atoms with Crippen LogP contribution in [0.3, 0.4) is 0 Å². The van der Waals surface area contributed by atoms with Crippen LogP contribution in [0.5, 0.6) is 5.75 Å². The molecule has 82 valence electrons. The summed E-state index contributed by atoms with van der Waals surface area (Å²) >= 11 is 16.3. The quantitative estimate of drug-likeness (QED) is 0.780. The van der Waals surface area contributed by atoms with Crippen molar-refractivity contribution >= 4 is 40.0 Å². The molecule has 1 aromatic rings. The van der Waals surface area contributed by atoms with Gasteiger partial charge in [-0.05, 0) is 23.7 Å². The highest BCUT2D eigenvalue weighted by Crippen LogP contribution is 2.36. The predicted octanol–water partition coefficient (Wildman–Crippen LogP) is 3.97. The summed E-state index contributed by atoms with van der Waals surface area (Å²) in [5.41, 5.74) is -0.258. The van der Waals surface area contributed by atoms with Crippen LogP contribution in [-0.4, -0.2) is 11.9 Å². The zero-order valence-corrected chi connectivity index (χ0v) is 9.21. The molecule has 0 bridgehead atoms. The first-order valence-corrected chi connectivity index (χ1v) is 4.69. The maximum atomic E-state index is 12.0. The molecule has 0 aliphatic carbocycles. The molecule has 0 saturated heterocycles. The maximum absolute atomic E-state index is 12.0. The smallest absolute Gasteiger partial charge is 0.387 e. The first kappa shape index (κ1) is 12.5. The number of benzene rings is 1. The van der Waals surface area contributed by atoms with E-state index in [0.29, 0.717) is 0 Å². The van der Waals surface area contributed by atoms with Crippen molar-refractivity contribution in [2.45, 2.75) is 6.61 Å². The third-order valence-corrected chi connectivity index (χ3v) is 2.46. The summed E-state index contributed by atoms with van der Waals surface area (Å²) in [5.74, 6) is -0.515. The number of hydrogen-bond acceptors (Lipinski definition) is 2. The SMILES string of the molecule is O=C(Cl)c1ccc(Cl)c(Cl)c1OC(F)F. The van der Waals surface area contributed by atoms with Gasteiger partial charge in [0, 0.05) is 0 Å². The molecular formula is C8H3Cl3F2O2. The minimum Gasteiger partial charge on any atom is -0.432 e. The summed E-state index contributed by atoms with van der Waals surface area (Å²) < 4.78 is 28.1. The highest BCUT2D eigenvalue weighted by Gasteiger charge is 2.19. The van der Waals surface area contributed by atoms with E-state index in [1.54, 1.807) is 0 Å². The van der Waals surface area contributed by atoms with E-state index in [1.807, 2.05) is 0 Å². The Morgan fingerprint density at radius 1 is 1.33 bits per heavy atom. The van der Waals surface area contributed by atoms with Gasteiger partial charge in [-0.3, -0.25) is 4.79 Å². The predicted molar refractivity (Wildman–Crippen MR) is 53.3 cm³/mol. The molecule has 0 heterocycles. The topological polar surface area (TPSA) is 26.3 Å². The van der Waals surface area contributed by atoms with Crippen molar-refractivity contribution in [2.75, 3.05) is 0 Å². The van der Waals surface area contributed by atoms with Crippen molar-refractivity contribution < 1.29 is 18.3 Å².